The number of nitrogens with one attached hydrogen (secondary N) is 1. The maximum atomic E-state index is 12.2. The Labute approximate surface area is 108 Å². The second-order valence-electron chi connectivity index (χ2n) is 4.16. The van der Waals surface area contributed by atoms with Gasteiger partial charge in [-0.1, -0.05) is 20.8 Å². The standard InChI is InChI=1S/C11H20N2O2S2/c1-5-13(4)17(14,15)11-6-7-16-10(11)8-12-9(2)3/h6-7,9,12H,5,8H2,1-4H3. The van der Waals surface area contributed by atoms with Crippen LogP contribution in [-0.2, 0) is 16.6 Å². The number of rotatable bonds is 6. The van der Waals surface area contributed by atoms with E-state index in [0.29, 0.717) is 24.0 Å². The van der Waals surface area contributed by atoms with E-state index >= 15 is 0 Å². The Morgan fingerprint density at radius 2 is 2.12 bits per heavy atom. The van der Waals surface area contributed by atoms with Crippen LogP contribution < -0.4 is 5.32 Å². The molecule has 1 aromatic rings. The molecule has 0 amide bonds. The zero-order valence-corrected chi connectivity index (χ0v) is 12.4. The average molecular weight is 276 g/mol. The molecule has 0 aromatic carbocycles. The fraction of sp³-hybridized carbons (Fsp3) is 0.636. The van der Waals surface area contributed by atoms with Gasteiger partial charge in [0.2, 0.25) is 10.0 Å². The van der Waals surface area contributed by atoms with Gasteiger partial charge in [0.05, 0.1) is 4.90 Å². The fourth-order valence-electron chi connectivity index (χ4n) is 1.32. The molecule has 0 unspecified atom stereocenters. The van der Waals surface area contributed by atoms with Crippen LogP contribution in [0.4, 0.5) is 0 Å². The van der Waals surface area contributed by atoms with Crippen LogP contribution in [0, 0.1) is 0 Å². The summed E-state index contributed by atoms with van der Waals surface area (Å²) >= 11 is 1.48. The number of thiophene rings is 1. The summed E-state index contributed by atoms with van der Waals surface area (Å²) in [5, 5.41) is 5.07. The monoisotopic (exact) mass is 276 g/mol. The highest BCUT2D eigenvalue weighted by Gasteiger charge is 2.23. The van der Waals surface area contributed by atoms with Crippen molar-refractivity contribution in [3.63, 3.8) is 0 Å². The van der Waals surface area contributed by atoms with Crippen molar-refractivity contribution >= 4 is 21.4 Å². The molecule has 0 radical (unpaired) electrons. The first-order chi connectivity index (χ1) is 7.89. The van der Waals surface area contributed by atoms with E-state index in [1.165, 1.54) is 15.6 Å². The minimum Gasteiger partial charge on any atom is -0.310 e. The van der Waals surface area contributed by atoms with Crippen molar-refractivity contribution in [1.82, 2.24) is 9.62 Å². The number of nitrogens with zero attached hydrogens (tertiary/aromatic N) is 1. The molecular formula is C11H20N2O2S2. The van der Waals surface area contributed by atoms with E-state index in [1.54, 1.807) is 13.1 Å². The summed E-state index contributed by atoms with van der Waals surface area (Å²) in [6.07, 6.45) is 0. The van der Waals surface area contributed by atoms with Gasteiger partial charge in [-0.25, -0.2) is 12.7 Å². The van der Waals surface area contributed by atoms with Crippen LogP contribution >= 0.6 is 11.3 Å². The van der Waals surface area contributed by atoms with Gasteiger partial charge in [0.1, 0.15) is 0 Å². The molecule has 98 valence electrons. The third kappa shape index (κ3) is 3.51. The number of hydrogen-bond acceptors (Lipinski definition) is 4. The normalized spacial score (nSPS) is 12.6. The summed E-state index contributed by atoms with van der Waals surface area (Å²) in [5.41, 5.74) is 0. The van der Waals surface area contributed by atoms with Crippen LogP contribution in [0.1, 0.15) is 25.6 Å². The largest absolute Gasteiger partial charge is 0.310 e. The summed E-state index contributed by atoms with van der Waals surface area (Å²) in [5.74, 6) is 0. The first-order valence-corrected chi connectivity index (χ1v) is 7.97. The summed E-state index contributed by atoms with van der Waals surface area (Å²) in [4.78, 5) is 1.30. The lowest BCUT2D eigenvalue weighted by molar-refractivity contribution is 0.485. The second kappa shape index (κ2) is 5.95. The summed E-state index contributed by atoms with van der Waals surface area (Å²) in [6, 6.07) is 2.03. The first kappa shape index (κ1) is 14.6. The van der Waals surface area contributed by atoms with Crippen LogP contribution in [0.25, 0.3) is 0 Å². The van der Waals surface area contributed by atoms with Crippen molar-refractivity contribution in [2.24, 2.45) is 0 Å². The molecule has 1 heterocycles. The van der Waals surface area contributed by atoms with E-state index in [-0.39, 0.29) is 0 Å². The number of hydrogen-bond donors (Lipinski definition) is 1. The van der Waals surface area contributed by atoms with Gasteiger partial charge in [-0.3, -0.25) is 0 Å². The molecular weight excluding hydrogens is 256 g/mol. The van der Waals surface area contributed by atoms with Crippen LogP contribution in [0.2, 0.25) is 0 Å². The summed E-state index contributed by atoms with van der Waals surface area (Å²) < 4.78 is 25.8. The molecule has 0 saturated carbocycles. The zero-order chi connectivity index (χ0) is 13.1. The van der Waals surface area contributed by atoms with Crippen LogP contribution in [0.5, 0.6) is 0 Å². The quantitative estimate of drug-likeness (QED) is 0.863. The smallest absolute Gasteiger partial charge is 0.243 e. The van der Waals surface area contributed by atoms with Crippen molar-refractivity contribution < 1.29 is 8.42 Å². The molecule has 6 heteroatoms. The third-order valence-corrected chi connectivity index (χ3v) is 5.58. The zero-order valence-electron chi connectivity index (χ0n) is 10.7. The van der Waals surface area contributed by atoms with Gasteiger partial charge in [0.15, 0.2) is 0 Å². The van der Waals surface area contributed by atoms with Crippen LogP contribution in [0.3, 0.4) is 0 Å². The van der Waals surface area contributed by atoms with Gasteiger partial charge in [-0.05, 0) is 11.4 Å². The second-order valence-corrected chi connectivity index (χ2v) is 7.18. The Morgan fingerprint density at radius 3 is 2.65 bits per heavy atom. The van der Waals surface area contributed by atoms with Gasteiger partial charge in [0, 0.05) is 31.1 Å². The van der Waals surface area contributed by atoms with Crippen LogP contribution in [0.15, 0.2) is 16.3 Å². The van der Waals surface area contributed by atoms with Crippen molar-refractivity contribution in [3.8, 4) is 0 Å². The van der Waals surface area contributed by atoms with Crippen molar-refractivity contribution in [2.45, 2.75) is 38.3 Å². The van der Waals surface area contributed by atoms with E-state index in [0.717, 1.165) is 4.88 Å². The van der Waals surface area contributed by atoms with Gasteiger partial charge >= 0.3 is 0 Å². The molecule has 0 atom stereocenters. The molecule has 1 aromatic heterocycles. The lowest BCUT2D eigenvalue weighted by Crippen LogP contribution is -2.28. The predicted molar refractivity (Wildman–Crippen MR) is 71.8 cm³/mol. The molecule has 1 N–H and O–H groups in total. The van der Waals surface area contributed by atoms with Gasteiger partial charge in [-0.15, -0.1) is 11.3 Å². The average Bonchev–Trinajstić information content (AvgIpc) is 2.73. The van der Waals surface area contributed by atoms with E-state index < -0.39 is 10.0 Å². The fourth-order valence-corrected chi connectivity index (χ4v) is 3.86. The molecule has 4 nitrogen and oxygen atoms in total. The Bertz CT molecular complexity index is 452. The van der Waals surface area contributed by atoms with E-state index in [2.05, 4.69) is 5.32 Å². The van der Waals surface area contributed by atoms with Crippen LogP contribution in [-0.4, -0.2) is 32.4 Å². The van der Waals surface area contributed by atoms with Crippen molar-refractivity contribution in [2.75, 3.05) is 13.6 Å². The minimum atomic E-state index is -3.32. The molecule has 0 bridgehead atoms. The molecule has 17 heavy (non-hydrogen) atoms. The first-order valence-electron chi connectivity index (χ1n) is 5.65. The maximum Gasteiger partial charge on any atom is 0.243 e. The lowest BCUT2D eigenvalue weighted by atomic mass is 10.4. The Kier molecular flexibility index (Phi) is 5.12. The van der Waals surface area contributed by atoms with E-state index in [4.69, 9.17) is 0 Å². The summed E-state index contributed by atoms with van der Waals surface area (Å²) in [6.45, 7) is 6.99. The highest BCUT2D eigenvalue weighted by Crippen LogP contribution is 2.24. The maximum absolute atomic E-state index is 12.2. The SMILES string of the molecule is CCN(C)S(=O)(=O)c1ccsc1CNC(C)C. The Balaban J connectivity index is 2.96. The Hall–Kier alpha value is -0.430. The minimum absolute atomic E-state index is 0.344. The van der Waals surface area contributed by atoms with Crippen molar-refractivity contribution in [1.29, 1.82) is 0 Å². The molecule has 0 aliphatic carbocycles. The molecule has 1 rings (SSSR count). The molecule has 0 saturated heterocycles. The Morgan fingerprint density at radius 1 is 1.47 bits per heavy atom. The van der Waals surface area contributed by atoms with E-state index in [1.807, 2.05) is 26.2 Å². The van der Waals surface area contributed by atoms with E-state index in [9.17, 15) is 8.42 Å². The van der Waals surface area contributed by atoms with Gasteiger partial charge in [-0.2, -0.15) is 0 Å². The molecule has 0 fully saturated rings. The highest BCUT2D eigenvalue weighted by atomic mass is 32.2. The van der Waals surface area contributed by atoms with Gasteiger partial charge in [0.25, 0.3) is 0 Å². The van der Waals surface area contributed by atoms with Gasteiger partial charge < -0.3 is 5.32 Å². The summed E-state index contributed by atoms with van der Waals surface area (Å²) in [7, 11) is -1.72. The predicted octanol–water partition coefficient (Wildman–Crippen LogP) is 1.89. The third-order valence-electron chi connectivity index (χ3n) is 2.51. The lowest BCUT2D eigenvalue weighted by Gasteiger charge is -2.15. The molecule has 0 spiro atoms. The van der Waals surface area contributed by atoms with Crippen molar-refractivity contribution in [3.05, 3.63) is 16.3 Å². The molecule has 0 aliphatic heterocycles. The topological polar surface area (TPSA) is 49.4 Å². The molecule has 0 aliphatic rings. The highest BCUT2D eigenvalue weighted by molar-refractivity contribution is 7.89. The number of sulfonamides is 1.